The quantitative estimate of drug-likeness (QED) is 0.776. The summed E-state index contributed by atoms with van der Waals surface area (Å²) in [5.74, 6) is -0.942. The van der Waals surface area contributed by atoms with Gasteiger partial charge in [-0.05, 0) is 12.0 Å². The summed E-state index contributed by atoms with van der Waals surface area (Å²) in [4.78, 5) is 10.7. The second kappa shape index (κ2) is 4.28. The summed E-state index contributed by atoms with van der Waals surface area (Å²) in [7, 11) is 0. The zero-order valence-electron chi connectivity index (χ0n) is 8.23. The third kappa shape index (κ3) is 1.96. The first-order chi connectivity index (χ1) is 6.57. The largest absolute Gasteiger partial charge is 0.478 e. The Hall–Kier alpha value is -1.29. The van der Waals surface area contributed by atoms with Gasteiger partial charge in [-0.15, -0.1) is 0 Å². The van der Waals surface area contributed by atoms with Crippen molar-refractivity contribution in [3.63, 3.8) is 0 Å². The maximum atomic E-state index is 10.7. The zero-order valence-corrected chi connectivity index (χ0v) is 8.23. The van der Waals surface area contributed by atoms with Gasteiger partial charge in [0.15, 0.2) is 0 Å². The van der Waals surface area contributed by atoms with E-state index in [9.17, 15) is 9.90 Å². The molecule has 0 saturated heterocycles. The SMILES string of the molecule is CCC(C)C(O)c1occc1C(=O)O. The summed E-state index contributed by atoms with van der Waals surface area (Å²) in [6, 6.07) is 1.35. The number of carbonyl (C=O) groups is 1. The number of rotatable bonds is 4. The van der Waals surface area contributed by atoms with Gasteiger partial charge in [-0.1, -0.05) is 20.3 Å². The van der Waals surface area contributed by atoms with E-state index in [0.29, 0.717) is 0 Å². The van der Waals surface area contributed by atoms with Gasteiger partial charge in [-0.2, -0.15) is 0 Å². The molecule has 2 unspecified atom stereocenters. The number of hydrogen-bond donors (Lipinski definition) is 2. The van der Waals surface area contributed by atoms with E-state index < -0.39 is 12.1 Å². The number of carboxylic acids is 1. The van der Waals surface area contributed by atoms with Crippen molar-refractivity contribution in [2.45, 2.75) is 26.4 Å². The van der Waals surface area contributed by atoms with Crippen molar-refractivity contribution in [1.82, 2.24) is 0 Å². The normalized spacial score (nSPS) is 15.1. The van der Waals surface area contributed by atoms with Gasteiger partial charge in [0.05, 0.1) is 6.26 Å². The van der Waals surface area contributed by atoms with E-state index in [0.717, 1.165) is 6.42 Å². The first-order valence-electron chi connectivity index (χ1n) is 4.56. The lowest BCUT2D eigenvalue weighted by molar-refractivity contribution is 0.0657. The van der Waals surface area contributed by atoms with E-state index >= 15 is 0 Å². The molecule has 4 nitrogen and oxygen atoms in total. The molecule has 14 heavy (non-hydrogen) atoms. The molecule has 0 radical (unpaired) electrons. The van der Waals surface area contributed by atoms with Crippen molar-refractivity contribution in [1.29, 1.82) is 0 Å². The van der Waals surface area contributed by atoms with Crippen molar-refractivity contribution in [2.75, 3.05) is 0 Å². The maximum Gasteiger partial charge on any atom is 0.339 e. The Labute approximate surface area is 82.2 Å². The highest BCUT2D eigenvalue weighted by molar-refractivity contribution is 5.88. The highest BCUT2D eigenvalue weighted by Gasteiger charge is 2.24. The molecule has 78 valence electrons. The molecular weight excluding hydrogens is 184 g/mol. The van der Waals surface area contributed by atoms with Crippen molar-refractivity contribution in [3.8, 4) is 0 Å². The second-order valence-corrected chi connectivity index (χ2v) is 3.33. The number of aliphatic hydroxyl groups excluding tert-OH is 1. The lowest BCUT2D eigenvalue weighted by atomic mass is 9.98. The van der Waals surface area contributed by atoms with E-state index in [1.165, 1.54) is 12.3 Å². The van der Waals surface area contributed by atoms with Crippen LogP contribution in [0.3, 0.4) is 0 Å². The van der Waals surface area contributed by atoms with Crippen LogP contribution in [-0.4, -0.2) is 16.2 Å². The Morgan fingerprint density at radius 2 is 2.29 bits per heavy atom. The summed E-state index contributed by atoms with van der Waals surface area (Å²) in [5.41, 5.74) is 0.0396. The van der Waals surface area contributed by atoms with Crippen molar-refractivity contribution in [3.05, 3.63) is 23.7 Å². The minimum atomic E-state index is -1.07. The minimum Gasteiger partial charge on any atom is -0.478 e. The summed E-state index contributed by atoms with van der Waals surface area (Å²) >= 11 is 0. The first kappa shape index (κ1) is 10.8. The molecule has 1 heterocycles. The average Bonchev–Trinajstić information content (AvgIpc) is 2.63. The number of aliphatic hydroxyl groups is 1. The molecule has 0 aromatic carbocycles. The molecule has 0 saturated carbocycles. The van der Waals surface area contributed by atoms with Crippen LogP contribution in [0.1, 0.15) is 42.5 Å². The molecule has 1 aromatic rings. The Kier molecular flexibility index (Phi) is 3.30. The molecule has 0 bridgehead atoms. The highest BCUT2D eigenvalue weighted by atomic mass is 16.4. The van der Waals surface area contributed by atoms with E-state index in [1.807, 2.05) is 13.8 Å². The van der Waals surface area contributed by atoms with Gasteiger partial charge >= 0.3 is 5.97 Å². The molecule has 4 heteroatoms. The van der Waals surface area contributed by atoms with Crippen LogP contribution < -0.4 is 0 Å². The Morgan fingerprint density at radius 3 is 2.79 bits per heavy atom. The molecule has 0 aliphatic rings. The van der Waals surface area contributed by atoms with Crippen LogP contribution in [0.5, 0.6) is 0 Å². The van der Waals surface area contributed by atoms with E-state index in [4.69, 9.17) is 9.52 Å². The lowest BCUT2D eigenvalue weighted by Crippen LogP contribution is -2.11. The van der Waals surface area contributed by atoms with Crippen molar-refractivity contribution >= 4 is 5.97 Å². The van der Waals surface area contributed by atoms with Crippen molar-refractivity contribution < 1.29 is 19.4 Å². The topological polar surface area (TPSA) is 70.7 Å². The van der Waals surface area contributed by atoms with E-state index in [1.54, 1.807) is 0 Å². The predicted octanol–water partition coefficient (Wildman–Crippen LogP) is 2.06. The fourth-order valence-corrected chi connectivity index (χ4v) is 1.21. The fraction of sp³-hybridized carbons (Fsp3) is 0.500. The first-order valence-corrected chi connectivity index (χ1v) is 4.56. The van der Waals surface area contributed by atoms with Gasteiger partial charge in [0.25, 0.3) is 0 Å². The predicted molar refractivity (Wildman–Crippen MR) is 50.1 cm³/mol. The third-order valence-electron chi connectivity index (χ3n) is 2.38. The second-order valence-electron chi connectivity index (χ2n) is 3.33. The molecule has 0 fully saturated rings. The molecule has 2 atom stereocenters. The van der Waals surface area contributed by atoms with Gasteiger partial charge < -0.3 is 14.6 Å². The number of furan rings is 1. The Bertz CT molecular complexity index is 316. The summed E-state index contributed by atoms with van der Waals surface area (Å²) < 4.78 is 4.98. The molecular formula is C10H14O4. The van der Waals surface area contributed by atoms with Gasteiger partial charge in [0, 0.05) is 0 Å². The van der Waals surface area contributed by atoms with Gasteiger partial charge in [0.1, 0.15) is 17.4 Å². The standard InChI is InChI=1S/C10H14O4/c1-3-6(2)8(11)9-7(10(12)13)4-5-14-9/h4-6,8,11H,3H2,1-2H3,(H,12,13). The van der Waals surface area contributed by atoms with Gasteiger partial charge in [-0.3, -0.25) is 0 Å². The van der Waals surface area contributed by atoms with Gasteiger partial charge in [-0.25, -0.2) is 4.79 Å². The van der Waals surface area contributed by atoms with Crippen LogP contribution in [0.15, 0.2) is 16.7 Å². The zero-order chi connectivity index (χ0) is 10.7. The van der Waals surface area contributed by atoms with E-state index in [-0.39, 0.29) is 17.2 Å². The van der Waals surface area contributed by atoms with Crippen LogP contribution >= 0.6 is 0 Å². The molecule has 2 N–H and O–H groups in total. The Balaban J connectivity index is 2.94. The summed E-state index contributed by atoms with van der Waals surface area (Å²) in [6.45, 7) is 3.77. The molecule has 0 aliphatic heterocycles. The van der Waals surface area contributed by atoms with Crippen LogP contribution in [-0.2, 0) is 0 Å². The molecule has 0 spiro atoms. The number of carboxylic acid groups (broad SMARTS) is 1. The third-order valence-corrected chi connectivity index (χ3v) is 2.38. The van der Waals surface area contributed by atoms with E-state index in [2.05, 4.69) is 0 Å². The van der Waals surface area contributed by atoms with Crippen LogP contribution in [0.4, 0.5) is 0 Å². The Morgan fingerprint density at radius 1 is 1.64 bits per heavy atom. The highest BCUT2D eigenvalue weighted by Crippen LogP contribution is 2.27. The maximum absolute atomic E-state index is 10.7. The number of hydrogen-bond acceptors (Lipinski definition) is 3. The average molecular weight is 198 g/mol. The van der Waals surface area contributed by atoms with Crippen LogP contribution in [0.2, 0.25) is 0 Å². The molecule has 0 amide bonds. The fourth-order valence-electron chi connectivity index (χ4n) is 1.21. The van der Waals surface area contributed by atoms with Gasteiger partial charge in [0.2, 0.25) is 0 Å². The lowest BCUT2D eigenvalue weighted by Gasteiger charge is -2.15. The van der Waals surface area contributed by atoms with Crippen LogP contribution in [0.25, 0.3) is 0 Å². The van der Waals surface area contributed by atoms with Crippen molar-refractivity contribution in [2.24, 2.45) is 5.92 Å². The molecule has 1 aromatic heterocycles. The molecule has 1 rings (SSSR count). The van der Waals surface area contributed by atoms with Crippen LogP contribution in [0, 0.1) is 5.92 Å². The summed E-state index contributed by atoms with van der Waals surface area (Å²) in [6.07, 6.45) is 1.20. The monoisotopic (exact) mass is 198 g/mol. The minimum absolute atomic E-state index is 0.0146. The smallest absolute Gasteiger partial charge is 0.339 e. The summed E-state index contributed by atoms with van der Waals surface area (Å²) in [5, 5.41) is 18.5. The number of aromatic carboxylic acids is 1. The molecule has 0 aliphatic carbocycles.